The lowest BCUT2D eigenvalue weighted by atomic mass is 9.84. The van der Waals surface area contributed by atoms with Crippen LogP contribution in [0.25, 0.3) is 0 Å². The molecule has 3 fully saturated rings. The molecule has 0 aromatic heterocycles. The third-order valence-corrected chi connectivity index (χ3v) is 7.04. The highest BCUT2D eigenvalue weighted by Gasteiger charge is 2.37. The Morgan fingerprint density at radius 2 is 1.93 bits per heavy atom. The molecule has 160 valence electrons. The van der Waals surface area contributed by atoms with Gasteiger partial charge in [-0.1, -0.05) is 12.1 Å². The Kier molecular flexibility index (Phi) is 6.76. The zero-order chi connectivity index (χ0) is 20.1. The van der Waals surface area contributed by atoms with Crippen molar-refractivity contribution in [3.63, 3.8) is 0 Å². The first-order valence-corrected chi connectivity index (χ1v) is 11.5. The molecule has 5 nitrogen and oxygen atoms in total. The highest BCUT2D eigenvalue weighted by molar-refractivity contribution is 5.77. The van der Waals surface area contributed by atoms with Crippen LogP contribution in [0.1, 0.15) is 50.5 Å². The first-order valence-electron chi connectivity index (χ1n) is 11.5. The molecule has 1 aromatic rings. The zero-order valence-corrected chi connectivity index (χ0v) is 17.9. The lowest BCUT2D eigenvalue weighted by molar-refractivity contribution is -0.135. The number of carbonyl (C=O) groups excluding carboxylic acids is 1. The number of piperidine rings is 2. The molecule has 4 rings (SSSR count). The van der Waals surface area contributed by atoms with Crippen LogP contribution in [0.3, 0.4) is 0 Å². The monoisotopic (exact) mass is 400 g/mol. The first-order chi connectivity index (χ1) is 14.1. The van der Waals surface area contributed by atoms with E-state index >= 15 is 0 Å². The Morgan fingerprint density at radius 1 is 1.14 bits per heavy atom. The molecule has 29 heavy (non-hydrogen) atoms. The van der Waals surface area contributed by atoms with Gasteiger partial charge in [0.2, 0.25) is 0 Å². The molecule has 0 atom stereocenters. The van der Waals surface area contributed by atoms with Crippen LogP contribution in [-0.4, -0.2) is 67.2 Å². The summed E-state index contributed by atoms with van der Waals surface area (Å²) in [4.78, 5) is 17.1. The van der Waals surface area contributed by atoms with Gasteiger partial charge in [0.05, 0.1) is 5.60 Å². The van der Waals surface area contributed by atoms with Gasteiger partial charge in [-0.05, 0) is 75.5 Å². The van der Waals surface area contributed by atoms with Crippen LogP contribution in [-0.2, 0) is 9.53 Å². The molecule has 0 aliphatic carbocycles. The van der Waals surface area contributed by atoms with Gasteiger partial charge in [0.15, 0.2) is 6.61 Å². The molecule has 5 heteroatoms. The topological polar surface area (TPSA) is 42.0 Å². The number of likely N-dealkylation sites (tertiary alicyclic amines) is 2. The zero-order valence-electron chi connectivity index (χ0n) is 17.9. The van der Waals surface area contributed by atoms with E-state index in [-0.39, 0.29) is 18.1 Å². The van der Waals surface area contributed by atoms with Crippen molar-refractivity contribution in [2.45, 2.75) is 57.5 Å². The second-order valence-electron chi connectivity index (χ2n) is 9.22. The van der Waals surface area contributed by atoms with Crippen molar-refractivity contribution < 1.29 is 14.3 Å². The SMILES string of the molecule is Cc1cccc(OCC(=O)N2CCC(CN3CCC4(CCCCO4)CC3)CC2)c1. The highest BCUT2D eigenvalue weighted by atomic mass is 16.5. The number of aryl methyl sites for hydroxylation is 1. The molecule has 0 radical (unpaired) electrons. The van der Waals surface area contributed by atoms with Crippen molar-refractivity contribution in [1.82, 2.24) is 9.80 Å². The van der Waals surface area contributed by atoms with Gasteiger partial charge in [-0.3, -0.25) is 4.79 Å². The minimum atomic E-state index is 0.110. The van der Waals surface area contributed by atoms with E-state index in [0.29, 0.717) is 5.92 Å². The second kappa shape index (κ2) is 9.48. The third kappa shape index (κ3) is 5.52. The summed E-state index contributed by atoms with van der Waals surface area (Å²) in [5.74, 6) is 1.59. The summed E-state index contributed by atoms with van der Waals surface area (Å²) in [5, 5.41) is 0. The van der Waals surface area contributed by atoms with Crippen molar-refractivity contribution >= 4 is 5.91 Å². The van der Waals surface area contributed by atoms with Crippen molar-refractivity contribution in [3.05, 3.63) is 29.8 Å². The summed E-state index contributed by atoms with van der Waals surface area (Å²) < 4.78 is 11.9. The maximum Gasteiger partial charge on any atom is 0.260 e. The molecule has 1 amide bonds. The van der Waals surface area contributed by atoms with Gasteiger partial charge < -0.3 is 19.3 Å². The largest absolute Gasteiger partial charge is 0.484 e. The average Bonchev–Trinajstić information content (AvgIpc) is 2.75. The fourth-order valence-corrected chi connectivity index (χ4v) is 5.12. The predicted molar refractivity (Wildman–Crippen MR) is 114 cm³/mol. The molecule has 3 aliphatic rings. The lowest BCUT2D eigenvalue weighted by Crippen LogP contribution is -2.49. The second-order valence-corrected chi connectivity index (χ2v) is 9.22. The summed E-state index contributed by atoms with van der Waals surface area (Å²) >= 11 is 0. The van der Waals surface area contributed by atoms with Gasteiger partial charge in [0.1, 0.15) is 5.75 Å². The lowest BCUT2D eigenvalue weighted by Gasteiger charge is -2.45. The first kappa shape index (κ1) is 20.7. The Hall–Kier alpha value is -1.59. The van der Waals surface area contributed by atoms with E-state index in [0.717, 1.165) is 43.9 Å². The summed E-state index contributed by atoms with van der Waals surface area (Å²) in [6.45, 7) is 8.38. The quantitative estimate of drug-likeness (QED) is 0.757. The van der Waals surface area contributed by atoms with Gasteiger partial charge in [0, 0.05) is 39.3 Å². The van der Waals surface area contributed by atoms with Crippen molar-refractivity contribution in [2.75, 3.05) is 45.9 Å². The molecule has 0 bridgehead atoms. The van der Waals surface area contributed by atoms with Crippen LogP contribution in [0.15, 0.2) is 24.3 Å². The van der Waals surface area contributed by atoms with Gasteiger partial charge >= 0.3 is 0 Å². The van der Waals surface area contributed by atoms with Crippen LogP contribution in [0.5, 0.6) is 5.75 Å². The molecular weight excluding hydrogens is 364 g/mol. The number of hydrogen-bond acceptors (Lipinski definition) is 4. The predicted octanol–water partition coefficient (Wildman–Crippen LogP) is 3.65. The van der Waals surface area contributed by atoms with Crippen LogP contribution in [0.4, 0.5) is 0 Å². The maximum atomic E-state index is 12.5. The Bertz CT molecular complexity index is 668. The molecule has 3 heterocycles. The van der Waals surface area contributed by atoms with E-state index in [2.05, 4.69) is 4.90 Å². The van der Waals surface area contributed by atoms with Crippen molar-refractivity contribution in [1.29, 1.82) is 0 Å². The van der Waals surface area contributed by atoms with Crippen LogP contribution < -0.4 is 4.74 Å². The standard InChI is InChI=1S/C24H36N2O3/c1-20-5-4-6-22(17-20)28-19-23(27)26-12-7-21(8-13-26)18-25-14-10-24(11-15-25)9-2-3-16-29-24/h4-6,17,21H,2-3,7-16,18-19H2,1H3. The summed E-state index contributed by atoms with van der Waals surface area (Å²) in [5.41, 5.74) is 1.34. The Morgan fingerprint density at radius 3 is 2.62 bits per heavy atom. The van der Waals surface area contributed by atoms with Crippen molar-refractivity contribution in [3.8, 4) is 5.75 Å². The highest BCUT2D eigenvalue weighted by Crippen LogP contribution is 2.35. The van der Waals surface area contributed by atoms with Crippen LogP contribution in [0, 0.1) is 12.8 Å². The number of benzene rings is 1. The third-order valence-electron chi connectivity index (χ3n) is 7.04. The number of carbonyl (C=O) groups is 1. The number of hydrogen-bond donors (Lipinski definition) is 0. The number of nitrogens with zero attached hydrogens (tertiary/aromatic N) is 2. The summed E-state index contributed by atoms with van der Waals surface area (Å²) in [6.07, 6.45) is 8.43. The normalized spacial score (nSPS) is 23.3. The van der Waals surface area contributed by atoms with Crippen LogP contribution >= 0.6 is 0 Å². The Labute approximate surface area is 175 Å². The number of amides is 1. The molecule has 3 aliphatic heterocycles. The van der Waals surface area contributed by atoms with Crippen LogP contribution in [0.2, 0.25) is 0 Å². The van der Waals surface area contributed by atoms with Gasteiger partial charge in [-0.25, -0.2) is 0 Å². The van der Waals surface area contributed by atoms with E-state index in [1.54, 1.807) is 0 Å². The van der Waals surface area contributed by atoms with Crippen molar-refractivity contribution in [2.24, 2.45) is 5.92 Å². The summed E-state index contributed by atoms with van der Waals surface area (Å²) in [7, 11) is 0. The molecule has 1 aromatic carbocycles. The number of ether oxygens (including phenoxy) is 2. The van der Waals surface area contributed by atoms with Gasteiger partial charge in [-0.15, -0.1) is 0 Å². The molecule has 0 N–H and O–H groups in total. The molecule has 1 spiro atoms. The molecule has 3 saturated heterocycles. The Balaban J connectivity index is 1.15. The van der Waals surface area contributed by atoms with E-state index in [1.165, 1.54) is 51.7 Å². The molecule has 0 saturated carbocycles. The fourth-order valence-electron chi connectivity index (χ4n) is 5.12. The smallest absolute Gasteiger partial charge is 0.260 e. The van der Waals surface area contributed by atoms with Gasteiger partial charge in [-0.2, -0.15) is 0 Å². The molecular formula is C24H36N2O3. The number of rotatable bonds is 5. The maximum absolute atomic E-state index is 12.5. The van der Waals surface area contributed by atoms with E-state index in [4.69, 9.17) is 9.47 Å². The fraction of sp³-hybridized carbons (Fsp3) is 0.708. The average molecular weight is 401 g/mol. The minimum Gasteiger partial charge on any atom is -0.484 e. The van der Waals surface area contributed by atoms with E-state index in [1.807, 2.05) is 36.1 Å². The minimum absolute atomic E-state index is 0.110. The van der Waals surface area contributed by atoms with Gasteiger partial charge in [0.25, 0.3) is 5.91 Å². The van der Waals surface area contributed by atoms with E-state index in [9.17, 15) is 4.79 Å². The van der Waals surface area contributed by atoms with E-state index < -0.39 is 0 Å². The summed E-state index contributed by atoms with van der Waals surface area (Å²) in [6, 6.07) is 7.88. The molecule has 0 unspecified atom stereocenters.